The van der Waals surface area contributed by atoms with Crippen molar-refractivity contribution in [2.45, 2.75) is 25.3 Å². The largest absolute Gasteiger partial charge is 0.452 e. The van der Waals surface area contributed by atoms with Crippen LogP contribution in [0.25, 0.3) is 0 Å². The molecule has 2 unspecified atom stereocenters. The SMILES string of the molecule is NCC1CCCC1NC(=O)c1ccoc1Cl. The van der Waals surface area contributed by atoms with E-state index in [2.05, 4.69) is 5.32 Å². The Hall–Kier alpha value is -1.00. The summed E-state index contributed by atoms with van der Waals surface area (Å²) in [5.41, 5.74) is 6.05. The topological polar surface area (TPSA) is 68.3 Å². The van der Waals surface area contributed by atoms with Crippen molar-refractivity contribution in [3.05, 3.63) is 23.1 Å². The van der Waals surface area contributed by atoms with Crippen LogP contribution < -0.4 is 11.1 Å². The third kappa shape index (κ3) is 2.23. The summed E-state index contributed by atoms with van der Waals surface area (Å²) < 4.78 is 4.88. The molecule has 5 heteroatoms. The predicted octanol–water partition coefficient (Wildman–Crippen LogP) is 1.79. The Morgan fingerprint density at radius 1 is 1.62 bits per heavy atom. The van der Waals surface area contributed by atoms with Crippen molar-refractivity contribution in [3.63, 3.8) is 0 Å². The molecule has 0 radical (unpaired) electrons. The van der Waals surface area contributed by atoms with E-state index in [9.17, 15) is 4.79 Å². The van der Waals surface area contributed by atoms with Crippen molar-refractivity contribution in [2.75, 3.05) is 6.54 Å². The maximum Gasteiger partial charge on any atom is 0.256 e. The summed E-state index contributed by atoms with van der Waals surface area (Å²) >= 11 is 5.74. The number of hydrogen-bond donors (Lipinski definition) is 2. The fourth-order valence-electron chi connectivity index (χ4n) is 2.21. The zero-order valence-corrected chi connectivity index (χ0v) is 9.67. The molecule has 1 heterocycles. The molecule has 2 atom stereocenters. The number of rotatable bonds is 3. The van der Waals surface area contributed by atoms with Crippen LogP contribution in [0.1, 0.15) is 29.6 Å². The number of furan rings is 1. The van der Waals surface area contributed by atoms with Gasteiger partial charge in [0.2, 0.25) is 5.22 Å². The summed E-state index contributed by atoms with van der Waals surface area (Å²) in [5.74, 6) is 0.207. The first-order chi connectivity index (χ1) is 7.72. The molecule has 0 saturated heterocycles. The molecule has 1 aliphatic rings. The van der Waals surface area contributed by atoms with Gasteiger partial charge in [0.25, 0.3) is 5.91 Å². The first kappa shape index (κ1) is 11.5. The van der Waals surface area contributed by atoms with Crippen molar-refractivity contribution in [1.29, 1.82) is 0 Å². The second kappa shape index (κ2) is 4.89. The number of amides is 1. The van der Waals surface area contributed by atoms with E-state index in [1.165, 1.54) is 6.26 Å². The van der Waals surface area contributed by atoms with Crippen LogP contribution in [0.2, 0.25) is 5.22 Å². The molecule has 1 aromatic rings. The molecule has 0 bridgehead atoms. The summed E-state index contributed by atoms with van der Waals surface area (Å²) in [6.07, 6.45) is 4.60. The molecule has 1 aliphatic carbocycles. The monoisotopic (exact) mass is 242 g/mol. The molecule has 1 saturated carbocycles. The second-order valence-electron chi connectivity index (χ2n) is 4.11. The van der Waals surface area contributed by atoms with Crippen LogP contribution in [0.15, 0.2) is 16.7 Å². The Bertz CT molecular complexity index is 378. The number of hydrogen-bond acceptors (Lipinski definition) is 3. The van der Waals surface area contributed by atoms with Crippen molar-refractivity contribution in [1.82, 2.24) is 5.32 Å². The highest BCUT2D eigenvalue weighted by molar-refractivity contribution is 6.32. The van der Waals surface area contributed by atoms with Crippen LogP contribution in [-0.4, -0.2) is 18.5 Å². The third-order valence-corrected chi connectivity index (χ3v) is 3.43. The number of nitrogens with one attached hydrogen (secondary N) is 1. The van der Waals surface area contributed by atoms with Gasteiger partial charge in [-0.3, -0.25) is 4.79 Å². The number of nitrogens with two attached hydrogens (primary N) is 1. The predicted molar refractivity (Wildman–Crippen MR) is 61.4 cm³/mol. The van der Waals surface area contributed by atoms with Gasteiger partial charge < -0.3 is 15.5 Å². The molecular weight excluding hydrogens is 228 g/mol. The van der Waals surface area contributed by atoms with Gasteiger partial charge in [-0.2, -0.15) is 0 Å². The first-order valence-corrected chi connectivity index (χ1v) is 5.84. The molecule has 1 fully saturated rings. The average molecular weight is 243 g/mol. The lowest BCUT2D eigenvalue weighted by Crippen LogP contribution is -2.39. The van der Waals surface area contributed by atoms with Gasteiger partial charge >= 0.3 is 0 Å². The van der Waals surface area contributed by atoms with Gasteiger partial charge in [0.15, 0.2) is 0 Å². The zero-order chi connectivity index (χ0) is 11.5. The Morgan fingerprint density at radius 2 is 2.44 bits per heavy atom. The first-order valence-electron chi connectivity index (χ1n) is 5.46. The summed E-state index contributed by atoms with van der Waals surface area (Å²) in [7, 11) is 0. The summed E-state index contributed by atoms with van der Waals surface area (Å²) in [4.78, 5) is 11.8. The molecule has 0 aromatic carbocycles. The Labute approximate surface area is 99.1 Å². The number of carbonyl (C=O) groups excluding carboxylic acids is 1. The lowest BCUT2D eigenvalue weighted by Gasteiger charge is -2.18. The van der Waals surface area contributed by atoms with E-state index in [0.29, 0.717) is 18.0 Å². The van der Waals surface area contributed by atoms with E-state index in [1.807, 2.05) is 0 Å². The minimum atomic E-state index is -0.177. The van der Waals surface area contributed by atoms with Crippen LogP contribution in [0, 0.1) is 5.92 Å². The zero-order valence-electron chi connectivity index (χ0n) is 8.91. The van der Waals surface area contributed by atoms with Crippen LogP contribution in [0.5, 0.6) is 0 Å². The normalized spacial score (nSPS) is 24.6. The van der Waals surface area contributed by atoms with E-state index in [-0.39, 0.29) is 17.2 Å². The molecule has 16 heavy (non-hydrogen) atoms. The molecule has 2 rings (SSSR count). The Morgan fingerprint density at radius 3 is 3.06 bits per heavy atom. The van der Waals surface area contributed by atoms with E-state index >= 15 is 0 Å². The van der Waals surface area contributed by atoms with E-state index in [1.54, 1.807) is 6.07 Å². The van der Waals surface area contributed by atoms with Gasteiger partial charge in [-0.25, -0.2) is 0 Å². The highest BCUT2D eigenvalue weighted by atomic mass is 35.5. The van der Waals surface area contributed by atoms with Crippen LogP contribution in [-0.2, 0) is 0 Å². The van der Waals surface area contributed by atoms with Crippen LogP contribution in [0.4, 0.5) is 0 Å². The standard InChI is InChI=1S/C11H15ClN2O2/c12-10-8(4-5-16-10)11(15)14-9-3-1-2-7(9)6-13/h4-5,7,9H,1-3,6,13H2,(H,14,15). The quantitative estimate of drug-likeness (QED) is 0.849. The van der Waals surface area contributed by atoms with Crippen LogP contribution >= 0.6 is 11.6 Å². The van der Waals surface area contributed by atoms with Gasteiger partial charge in [-0.05, 0) is 43.0 Å². The summed E-state index contributed by atoms with van der Waals surface area (Å²) in [6, 6.07) is 1.74. The highest BCUT2D eigenvalue weighted by Gasteiger charge is 2.28. The van der Waals surface area contributed by atoms with Gasteiger partial charge in [0.1, 0.15) is 0 Å². The fraction of sp³-hybridized carbons (Fsp3) is 0.545. The van der Waals surface area contributed by atoms with E-state index < -0.39 is 0 Å². The highest BCUT2D eigenvalue weighted by Crippen LogP contribution is 2.25. The smallest absolute Gasteiger partial charge is 0.256 e. The number of halogens is 1. The van der Waals surface area contributed by atoms with Crippen molar-refractivity contribution < 1.29 is 9.21 Å². The van der Waals surface area contributed by atoms with Crippen molar-refractivity contribution in [3.8, 4) is 0 Å². The summed E-state index contributed by atoms with van der Waals surface area (Å²) in [6.45, 7) is 0.615. The molecule has 3 N–H and O–H groups in total. The van der Waals surface area contributed by atoms with Gasteiger partial charge in [-0.15, -0.1) is 0 Å². The van der Waals surface area contributed by atoms with E-state index in [0.717, 1.165) is 19.3 Å². The molecule has 88 valence electrons. The minimum Gasteiger partial charge on any atom is -0.452 e. The lowest BCUT2D eigenvalue weighted by atomic mass is 10.0. The second-order valence-corrected chi connectivity index (χ2v) is 4.46. The molecule has 1 aromatic heterocycles. The number of carbonyl (C=O) groups is 1. The Balaban J connectivity index is 2.00. The molecular formula is C11H15ClN2O2. The Kier molecular flexibility index (Phi) is 3.51. The molecule has 0 aliphatic heterocycles. The maximum atomic E-state index is 11.8. The van der Waals surface area contributed by atoms with Gasteiger partial charge in [-0.1, -0.05) is 6.42 Å². The van der Waals surface area contributed by atoms with Gasteiger partial charge in [0, 0.05) is 6.04 Å². The molecule has 1 amide bonds. The maximum absolute atomic E-state index is 11.8. The van der Waals surface area contributed by atoms with Gasteiger partial charge in [0.05, 0.1) is 11.8 Å². The molecule has 0 spiro atoms. The molecule has 4 nitrogen and oxygen atoms in total. The van der Waals surface area contributed by atoms with Crippen molar-refractivity contribution in [2.24, 2.45) is 11.7 Å². The summed E-state index contributed by atoms with van der Waals surface area (Å²) in [5, 5.41) is 3.10. The average Bonchev–Trinajstić information content (AvgIpc) is 2.86. The fourth-order valence-corrected chi connectivity index (χ4v) is 2.41. The third-order valence-electron chi connectivity index (χ3n) is 3.14. The van der Waals surface area contributed by atoms with E-state index in [4.69, 9.17) is 21.8 Å². The lowest BCUT2D eigenvalue weighted by molar-refractivity contribution is 0.0928. The van der Waals surface area contributed by atoms with Crippen LogP contribution in [0.3, 0.4) is 0 Å². The van der Waals surface area contributed by atoms with Crippen molar-refractivity contribution >= 4 is 17.5 Å². The minimum absolute atomic E-state index is 0.139.